The van der Waals surface area contributed by atoms with Gasteiger partial charge in [-0.15, -0.1) is 0 Å². The van der Waals surface area contributed by atoms with Gasteiger partial charge in [-0.2, -0.15) is 13.2 Å². The molecule has 1 amide bonds. The van der Waals surface area contributed by atoms with Crippen LogP contribution in [0.25, 0.3) is 16.7 Å². The maximum Gasteiger partial charge on any atom is 0.391 e. The van der Waals surface area contributed by atoms with E-state index in [1.165, 1.54) is 19.1 Å². The first-order chi connectivity index (χ1) is 14.9. The second-order valence-corrected chi connectivity index (χ2v) is 8.34. The molecule has 2 aromatic carbocycles. The molecule has 4 rings (SSSR count). The van der Waals surface area contributed by atoms with Crippen molar-refractivity contribution in [2.24, 2.45) is 5.92 Å². The van der Waals surface area contributed by atoms with Crippen LogP contribution in [0.1, 0.15) is 36.8 Å². The molecule has 0 unspecified atom stereocenters. The van der Waals surface area contributed by atoms with Crippen molar-refractivity contribution in [2.45, 2.75) is 44.3 Å². The van der Waals surface area contributed by atoms with Gasteiger partial charge in [0, 0.05) is 0 Å². The summed E-state index contributed by atoms with van der Waals surface area (Å²) < 4.78 is 80.7. The lowest BCUT2D eigenvalue weighted by Crippen LogP contribution is -2.48. The van der Waals surface area contributed by atoms with E-state index in [0.29, 0.717) is 0 Å². The zero-order valence-electron chi connectivity index (χ0n) is 16.9. The molecule has 9 heteroatoms. The fraction of sp³-hybridized carbons (Fsp3) is 0.348. The number of carbonyl (C=O) groups excluding carboxylic acids is 1. The largest absolute Gasteiger partial charge is 0.509 e. The predicted molar refractivity (Wildman–Crippen MR) is 105 cm³/mol. The molecule has 1 fully saturated rings. The maximum absolute atomic E-state index is 14.7. The molecule has 0 atom stereocenters. The van der Waals surface area contributed by atoms with Gasteiger partial charge in [-0.3, -0.25) is 4.79 Å². The lowest BCUT2D eigenvalue weighted by atomic mass is 9.75. The monoisotopic (exact) mass is 455 g/mol. The molecule has 2 aliphatic rings. The number of hydrogen-bond donors (Lipinski definition) is 2. The number of carbonyl (C=O) groups is 1. The summed E-state index contributed by atoms with van der Waals surface area (Å²) in [4.78, 5) is 12.8. The number of halogens is 6. The van der Waals surface area contributed by atoms with E-state index in [9.17, 15) is 36.2 Å². The summed E-state index contributed by atoms with van der Waals surface area (Å²) in [6, 6.07) is 5.48. The zero-order chi connectivity index (χ0) is 23.4. The average molecular weight is 455 g/mol. The van der Waals surface area contributed by atoms with Gasteiger partial charge in [0.1, 0.15) is 11.6 Å². The lowest BCUT2D eigenvalue weighted by molar-refractivity contribution is -0.184. The molecular formula is C23H19F6NO2. The summed E-state index contributed by atoms with van der Waals surface area (Å²) in [7, 11) is 0. The second-order valence-electron chi connectivity index (χ2n) is 8.34. The molecule has 0 radical (unpaired) electrons. The Balaban J connectivity index is 1.76. The van der Waals surface area contributed by atoms with E-state index in [0.717, 1.165) is 18.2 Å². The predicted octanol–water partition coefficient (Wildman–Crippen LogP) is 5.97. The molecule has 0 aromatic heterocycles. The van der Waals surface area contributed by atoms with Gasteiger partial charge in [0.2, 0.25) is 0 Å². The molecular weight excluding hydrogens is 436 g/mol. The number of nitrogens with one attached hydrogen (secondary N) is 1. The number of amides is 1. The SMILES string of the molecule is Cc1c(F)cc(-c2ccc(F)c(F)c2)cc1C1=C(O)C2(CCC(C(F)(F)F)CC2)NC1=O. The minimum Gasteiger partial charge on any atom is -0.509 e. The van der Waals surface area contributed by atoms with Crippen LogP contribution < -0.4 is 5.32 Å². The van der Waals surface area contributed by atoms with Gasteiger partial charge in [0.15, 0.2) is 11.6 Å². The highest BCUT2D eigenvalue weighted by atomic mass is 19.4. The fourth-order valence-corrected chi connectivity index (χ4v) is 4.52. The zero-order valence-corrected chi connectivity index (χ0v) is 16.9. The topological polar surface area (TPSA) is 49.3 Å². The molecule has 1 spiro atoms. The molecule has 2 N–H and O–H groups in total. The highest BCUT2D eigenvalue weighted by Crippen LogP contribution is 2.47. The van der Waals surface area contributed by atoms with E-state index >= 15 is 0 Å². The van der Waals surface area contributed by atoms with Crippen LogP contribution in [0.3, 0.4) is 0 Å². The molecule has 0 bridgehead atoms. The van der Waals surface area contributed by atoms with Crippen molar-refractivity contribution in [1.82, 2.24) is 5.32 Å². The summed E-state index contributed by atoms with van der Waals surface area (Å²) in [5.41, 5.74) is -1.19. The van der Waals surface area contributed by atoms with Crippen LogP contribution in [0.4, 0.5) is 26.3 Å². The van der Waals surface area contributed by atoms with Crippen LogP contribution in [0.2, 0.25) is 0 Å². The van der Waals surface area contributed by atoms with Crippen molar-refractivity contribution in [3.63, 3.8) is 0 Å². The van der Waals surface area contributed by atoms with Crippen LogP contribution >= 0.6 is 0 Å². The summed E-state index contributed by atoms with van der Waals surface area (Å²) >= 11 is 0. The third kappa shape index (κ3) is 3.63. The van der Waals surface area contributed by atoms with E-state index < -0.39 is 46.8 Å². The Morgan fingerprint density at radius 3 is 2.19 bits per heavy atom. The third-order valence-electron chi connectivity index (χ3n) is 6.44. The average Bonchev–Trinajstić information content (AvgIpc) is 2.95. The first-order valence-corrected chi connectivity index (χ1v) is 10.0. The van der Waals surface area contributed by atoms with Gasteiger partial charge in [0.05, 0.1) is 17.0 Å². The van der Waals surface area contributed by atoms with Crippen LogP contribution in [0.15, 0.2) is 36.1 Å². The quantitative estimate of drug-likeness (QED) is 0.549. The fourth-order valence-electron chi connectivity index (χ4n) is 4.52. The summed E-state index contributed by atoms with van der Waals surface area (Å²) in [6.45, 7) is 1.39. The number of benzene rings is 2. The molecule has 0 saturated heterocycles. The Kier molecular flexibility index (Phi) is 5.26. The third-order valence-corrected chi connectivity index (χ3v) is 6.44. The van der Waals surface area contributed by atoms with Crippen LogP contribution in [0, 0.1) is 30.3 Å². The summed E-state index contributed by atoms with van der Waals surface area (Å²) in [5.74, 6) is -5.61. The normalized spacial score (nSPS) is 23.7. The molecule has 1 heterocycles. The van der Waals surface area contributed by atoms with Crippen molar-refractivity contribution in [3.05, 3.63) is 64.7 Å². The first-order valence-electron chi connectivity index (χ1n) is 10.0. The number of aliphatic hydroxyl groups is 1. The van der Waals surface area contributed by atoms with Gasteiger partial charge in [0.25, 0.3) is 5.91 Å². The number of rotatable bonds is 2. The molecule has 2 aromatic rings. The van der Waals surface area contributed by atoms with Gasteiger partial charge in [-0.1, -0.05) is 6.07 Å². The van der Waals surface area contributed by atoms with E-state index in [-0.39, 0.29) is 53.5 Å². The number of alkyl halides is 3. The molecule has 1 saturated carbocycles. The molecule has 32 heavy (non-hydrogen) atoms. The van der Waals surface area contributed by atoms with E-state index in [1.54, 1.807) is 0 Å². The van der Waals surface area contributed by atoms with E-state index in [1.807, 2.05) is 0 Å². The summed E-state index contributed by atoms with van der Waals surface area (Å²) in [6.07, 6.45) is -5.09. The standard InChI is InChI=1S/C23H19F6NO2/c1-11-15(8-13(10-17(11)25)12-2-3-16(24)18(26)9-12)19-20(31)22(30-21(19)32)6-4-14(5-7-22)23(27,28)29/h2-3,8-10,14,31H,4-7H2,1H3,(H,30,32). The van der Waals surface area contributed by atoms with Gasteiger partial charge < -0.3 is 10.4 Å². The maximum atomic E-state index is 14.7. The Morgan fingerprint density at radius 1 is 0.969 bits per heavy atom. The smallest absolute Gasteiger partial charge is 0.391 e. The number of aliphatic hydroxyl groups excluding tert-OH is 1. The van der Waals surface area contributed by atoms with Crippen molar-refractivity contribution in [3.8, 4) is 11.1 Å². The molecule has 3 nitrogen and oxygen atoms in total. The Morgan fingerprint density at radius 2 is 1.59 bits per heavy atom. The Labute approximate surface area is 179 Å². The Bertz CT molecular complexity index is 1130. The highest BCUT2D eigenvalue weighted by Gasteiger charge is 2.52. The minimum atomic E-state index is -4.36. The minimum absolute atomic E-state index is 0.0362. The van der Waals surface area contributed by atoms with Gasteiger partial charge in [-0.05, 0) is 79.1 Å². The van der Waals surface area contributed by atoms with Crippen molar-refractivity contribution in [1.29, 1.82) is 0 Å². The van der Waals surface area contributed by atoms with Crippen LogP contribution in [-0.2, 0) is 4.79 Å². The van der Waals surface area contributed by atoms with E-state index in [4.69, 9.17) is 0 Å². The van der Waals surface area contributed by atoms with Crippen LogP contribution in [-0.4, -0.2) is 22.7 Å². The Hall–Kier alpha value is -2.97. The molecule has 170 valence electrons. The van der Waals surface area contributed by atoms with Crippen molar-refractivity contribution >= 4 is 11.5 Å². The highest BCUT2D eigenvalue weighted by molar-refractivity contribution is 6.23. The second kappa shape index (κ2) is 7.56. The molecule has 1 aliphatic carbocycles. The molecule has 1 aliphatic heterocycles. The van der Waals surface area contributed by atoms with Crippen molar-refractivity contribution in [2.75, 3.05) is 0 Å². The van der Waals surface area contributed by atoms with Gasteiger partial charge >= 0.3 is 6.18 Å². The lowest BCUT2D eigenvalue weighted by Gasteiger charge is -2.37. The van der Waals surface area contributed by atoms with E-state index in [2.05, 4.69) is 5.32 Å². The number of hydrogen-bond acceptors (Lipinski definition) is 2. The summed E-state index contributed by atoms with van der Waals surface area (Å²) in [5, 5.41) is 13.5. The van der Waals surface area contributed by atoms with Gasteiger partial charge in [-0.25, -0.2) is 13.2 Å². The first kappa shape index (κ1) is 22.2. The van der Waals surface area contributed by atoms with Crippen LogP contribution in [0.5, 0.6) is 0 Å². The van der Waals surface area contributed by atoms with Crippen molar-refractivity contribution < 1.29 is 36.2 Å².